The number of anilines is 4. The Morgan fingerprint density at radius 1 is 0.432 bits per heavy atom. The van der Waals surface area contributed by atoms with Gasteiger partial charge in [-0.05, 0) is 155 Å². The Labute approximate surface area is 632 Å². The van der Waals surface area contributed by atoms with E-state index in [-0.39, 0.29) is 42.2 Å². The van der Waals surface area contributed by atoms with Gasteiger partial charge in [-0.2, -0.15) is 51.8 Å². The second-order valence-electron chi connectivity index (χ2n) is 25.6. The van der Waals surface area contributed by atoms with E-state index in [1.807, 2.05) is 89.9 Å². The van der Waals surface area contributed by atoms with E-state index in [2.05, 4.69) is 129 Å². The van der Waals surface area contributed by atoms with Gasteiger partial charge in [0, 0.05) is 28.0 Å². The van der Waals surface area contributed by atoms with Crippen molar-refractivity contribution in [3.8, 4) is 0 Å². The average molecular weight is 1520 g/mol. The van der Waals surface area contributed by atoms with Crippen LogP contribution in [0.4, 0.5) is 49.6 Å². The first kappa shape index (κ1) is 75.5. The van der Waals surface area contributed by atoms with Crippen LogP contribution in [0.25, 0.3) is 43.7 Å². The number of thiazole rings is 1. The molecule has 0 aliphatic heterocycles. The lowest BCUT2D eigenvalue weighted by molar-refractivity contribution is -0.138. The molecule has 0 atom stereocenters. The van der Waals surface area contributed by atoms with Gasteiger partial charge in [0.2, 0.25) is 0 Å². The molecule has 9 aromatic heterocycles. The zero-order valence-electron chi connectivity index (χ0n) is 60.1. The number of furan rings is 1. The Bertz CT molecular complexity index is 6010. The Morgan fingerprint density at radius 3 is 1.31 bits per heavy atom. The quantitative estimate of drug-likeness (QED) is 0.0655. The first-order chi connectivity index (χ1) is 53.4. The summed E-state index contributed by atoms with van der Waals surface area (Å²) in [6, 6.07) is 58.0. The molecular formula is C81H67F6N17O6S. The third-order valence-electron chi connectivity index (χ3n) is 17.6. The Morgan fingerprint density at radius 2 is 0.874 bits per heavy atom. The molecule has 0 radical (unpaired) electrons. The summed E-state index contributed by atoms with van der Waals surface area (Å²) in [5, 5.41) is 40.1. The third kappa shape index (κ3) is 17.9. The van der Waals surface area contributed by atoms with E-state index in [0.717, 1.165) is 68.5 Å². The van der Waals surface area contributed by atoms with E-state index >= 15 is 0 Å². The van der Waals surface area contributed by atoms with Crippen molar-refractivity contribution in [3.63, 3.8) is 0 Å². The summed E-state index contributed by atoms with van der Waals surface area (Å²) in [5.41, 5.74) is 11.8. The van der Waals surface area contributed by atoms with Crippen LogP contribution in [0.5, 0.6) is 0 Å². The maximum Gasteiger partial charge on any atom is 0.416 e. The van der Waals surface area contributed by atoms with Crippen LogP contribution in [0.1, 0.15) is 108 Å². The van der Waals surface area contributed by atoms with Crippen molar-refractivity contribution in [3.05, 3.63) is 314 Å². The molecule has 4 N–H and O–H groups in total. The van der Waals surface area contributed by atoms with E-state index in [1.165, 1.54) is 71.1 Å². The van der Waals surface area contributed by atoms with Gasteiger partial charge in [-0.25, -0.2) is 19.6 Å². The molecule has 0 fully saturated rings. The first-order valence-corrected chi connectivity index (χ1v) is 35.3. The third-order valence-corrected chi connectivity index (χ3v) is 18.5. The molecule has 0 aliphatic carbocycles. The summed E-state index contributed by atoms with van der Waals surface area (Å²) in [5.74, 6) is 1.28. The van der Waals surface area contributed by atoms with E-state index in [9.17, 15) is 45.5 Å². The SMILES string of the molecule is Cc1ccc(Cn2nc(NC(=O)c3cccnn3)c3ccccc32)cc1.Cc1ccc(Cn2nc(NC(=O)c3scnc3C)c3ccccc32)cc1.Cc1ccc2c(NC(=O)c3ccoc3C)nn(Cc3ccc(C(F)(F)F)cc3)c2n1.Cc1ocnc1C(=O)Nc1nn(Cc2ccc(C(F)(F)F)cc2)c2ccccc12. The molecule has 9 heterocycles. The maximum absolute atomic E-state index is 12.8. The van der Waals surface area contributed by atoms with Crippen molar-refractivity contribution in [2.45, 2.75) is 80.1 Å². The molecule has 560 valence electrons. The number of alkyl halides is 6. The van der Waals surface area contributed by atoms with Gasteiger partial charge < -0.3 is 30.1 Å². The smallest absolute Gasteiger partial charge is 0.416 e. The Balaban J connectivity index is 0.000000130. The number of rotatable bonds is 16. The van der Waals surface area contributed by atoms with Crippen LogP contribution in [0.2, 0.25) is 0 Å². The molecule has 0 saturated carbocycles. The van der Waals surface area contributed by atoms with Crippen LogP contribution in [-0.4, -0.2) is 87.9 Å². The summed E-state index contributed by atoms with van der Waals surface area (Å²) in [6.45, 7) is 12.8. The zero-order chi connectivity index (χ0) is 78.1. The molecule has 0 bridgehead atoms. The lowest BCUT2D eigenvalue weighted by Crippen LogP contribution is -2.15. The number of aromatic nitrogens is 13. The highest BCUT2D eigenvalue weighted by molar-refractivity contribution is 7.12. The minimum atomic E-state index is -4.39. The first-order valence-electron chi connectivity index (χ1n) is 34.4. The lowest BCUT2D eigenvalue weighted by Gasteiger charge is -2.08. The van der Waals surface area contributed by atoms with Crippen molar-refractivity contribution in [2.75, 3.05) is 21.3 Å². The highest BCUT2D eigenvalue weighted by atomic mass is 32.1. The number of nitrogens with one attached hydrogen (secondary N) is 4. The monoisotopic (exact) mass is 1520 g/mol. The van der Waals surface area contributed by atoms with Crippen molar-refractivity contribution >= 4 is 102 Å². The minimum absolute atomic E-state index is 0.159. The standard InChI is InChI=1S/C21H17F3N4O2.C20H15F3N4O2.C20H17N5O.C20H18N4OS/c1-12-3-8-17-18(26-20(29)16-9-10-30-13(16)2)27-28(19(17)25-12)11-14-4-6-15(7-5-14)21(22,23)24;1-12-17(24-11-29-12)19(28)25-18-15-4-2-3-5-16(15)27(26-18)10-13-6-8-14(9-7-13)20(21,22)23;1-14-8-10-15(11-9-14)13-25-18-7-3-2-5-16(18)19(24-25)22-20(26)17-6-4-12-21-23-17;1-13-7-9-15(10-8-13)11-24-17-6-4-3-5-16(17)19(23-24)22-20(25)18-14(2)21-12-26-18/h3-10H,11H2,1-2H3,(H,26,27,29);2-9,11H,10H2,1H3,(H,25,26,28);2-12H,13H2,1H3,(H,22,24,26);3-10,12H,11H2,1-2H3,(H,22,23,25). The predicted octanol–water partition coefficient (Wildman–Crippen LogP) is 17.5. The number of hydrogen-bond acceptors (Lipinski definition) is 16. The number of hydrogen-bond donors (Lipinski definition) is 4. The normalized spacial score (nSPS) is 11.4. The maximum atomic E-state index is 12.8. The van der Waals surface area contributed by atoms with E-state index in [4.69, 9.17) is 8.83 Å². The molecule has 0 aliphatic rings. The second kappa shape index (κ2) is 32.8. The summed E-state index contributed by atoms with van der Waals surface area (Å²) in [6.07, 6.45) is -4.63. The van der Waals surface area contributed by atoms with Gasteiger partial charge in [0.1, 0.15) is 16.4 Å². The summed E-state index contributed by atoms with van der Waals surface area (Å²) < 4.78 is 93.9. The van der Waals surface area contributed by atoms with Crippen molar-refractivity contribution in [1.82, 2.24) is 64.3 Å². The average Bonchev–Trinajstić information content (AvgIpc) is 1.66. The number of halogens is 6. The van der Waals surface area contributed by atoms with Gasteiger partial charge in [0.05, 0.1) is 82.3 Å². The molecule has 111 heavy (non-hydrogen) atoms. The molecule has 0 unspecified atom stereocenters. The minimum Gasteiger partial charge on any atom is -0.469 e. The molecular weight excluding hydrogens is 1450 g/mol. The summed E-state index contributed by atoms with van der Waals surface area (Å²) >= 11 is 1.34. The highest BCUT2D eigenvalue weighted by Crippen LogP contribution is 2.33. The van der Waals surface area contributed by atoms with Crippen LogP contribution >= 0.6 is 11.3 Å². The molecule has 23 nitrogen and oxygen atoms in total. The van der Waals surface area contributed by atoms with E-state index < -0.39 is 29.4 Å². The number of pyridine rings is 1. The fourth-order valence-electron chi connectivity index (χ4n) is 11.8. The summed E-state index contributed by atoms with van der Waals surface area (Å²) in [4.78, 5) is 63.1. The topological polar surface area (TPSA) is 278 Å². The molecule has 0 saturated heterocycles. The van der Waals surface area contributed by atoms with E-state index in [1.54, 1.807) is 65.1 Å². The van der Waals surface area contributed by atoms with Crippen molar-refractivity contribution in [2.24, 2.45) is 0 Å². The molecule has 16 aromatic rings. The van der Waals surface area contributed by atoms with Gasteiger partial charge in [-0.1, -0.05) is 120 Å². The van der Waals surface area contributed by atoms with E-state index in [0.29, 0.717) is 85.9 Å². The fourth-order valence-corrected chi connectivity index (χ4v) is 12.5. The molecule has 16 rings (SSSR count). The molecule has 0 spiro atoms. The number of benzene rings is 7. The number of amides is 4. The van der Waals surface area contributed by atoms with Crippen LogP contribution in [0.3, 0.4) is 0 Å². The van der Waals surface area contributed by atoms with Gasteiger partial charge in [-0.15, -0.1) is 16.4 Å². The van der Waals surface area contributed by atoms with Crippen LogP contribution in [-0.2, 0) is 38.5 Å². The van der Waals surface area contributed by atoms with Crippen molar-refractivity contribution < 1.29 is 54.4 Å². The van der Waals surface area contributed by atoms with Gasteiger partial charge in [0.15, 0.2) is 46.7 Å². The molecule has 4 amide bonds. The van der Waals surface area contributed by atoms with Gasteiger partial charge >= 0.3 is 12.4 Å². The summed E-state index contributed by atoms with van der Waals surface area (Å²) in [7, 11) is 0. The highest BCUT2D eigenvalue weighted by Gasteiger charge is 2.32. The number of fused-ring (bicyclic) bond motifs is 4. The predicted molar refractivity (Wildman–Crippen MR) is 408 cm³/mol. The number of carbonyl (C=O) groups excluding carboxylic acids is 4. The van der Waals surface area contributed by atoms with Gasteiger partial charge in [-0.3, -0.25) is 33.2 Å². The molecule has 30 heteroatoms. The Kier molecular flexibility index (Phi) is 22.3. The van der Waals surface area contributed by atoms with Crippen LogP contribution in [0.15, 0.2) is 233 Å². The largest absolute Gasteiger partial charge is 0.469 e. The number of oxazole rings is 1. The number of aryl methyl sites for hydroxylation is 6. The van der Waals surface area contributed by atoms with Crippen LogP contribution < -0.4 is 21.3 Å². The Hall–Kier alpha value is -13.8. The fraction of sp³-hybridized carbons (Fsp3) is 0.148. The molecule has 7 aromatic carbocycles. The number of nitrogens with zero attached hydrogens (tertiary/aromatic N) is 13. The van der Waals surface area contributed by atoms with Crippen LogP contribution in [0, 0.1) is 41.5 Å². The lowest BCUT2D eigenvalue weighted by atomic mass is 10.1. The number of carbonyl (C=O) groups is 4. The van der Waals surface area contributed by atoms with Gasteiger partial charge in [0.25, 0.3) is 23.6 Å². The zero-order valence-corrected chi connectivity index (χ0v) is 60.9. The number of para-hydroxylation sites is 3. The second-order valence-corrected chi connectivity index (χ2v) is 26.5. The van der Waals surface area contributed by atoms with Crippen molar-refractivity contribution in [1.29, 1.82) is 0 Å².